The summed E-state index contributed by atoms with van der Waals surface area (Å²) < 4.78 is 5.54. The zero-order valence-electron chi connectivity index (χ0n) is 18.8. The molecule has 3 N–H and O–H groups in total. The van der Waals surface area contributed by atoms with Crippen LogP contribution in [0, 0.1) is 0 Å². The van der Waals surface area contributed by atoms with E-state index in [2.05, 4.69) is 34.9 Å². The van der Waals surface area contributed by atoms with Crippen LogP contribution >= 0.6 is 0 Å². The third-order valence-electron chi connectivity index (χ3n) is 5.93. The largest absolute Gasteiger partial charge is 0.478 e. The first-order valence-electron chi connectivity index (χ1n) is 11.2. The molecule has 1 unspecified atom stereocenters. The van der Waals surface area contributed by atoms with E-state index in [1.807, 2.05) is 31.2 Å². The molecule has 0 saturated carbocycles. The third-order valence-corrected chi connectivity index (χ3v) is 5.93. The van der Waals surface area contributed by atoms with Crippen molar-refractivity contribution < 1.29 is 24.2 Å². The van der Waals surface area contributed by atoms with Gasteiger partial charge in [-0.1, -0.05) is 48.5 Å². The highest BCUT2D eigenvalue weighted by molar-refractivity contribution is 5.92. The van der Waals surface area contributed by atoms with Crippen LogP contribution < -0.4 is 10.6 Å². The molecular weight excluding hydrogens is 432 g/mol. The van der Waals surface area contributed by atoms with Crippen LogP contribution in [0.2, 0.25) is 0 Å². The molecule has 0 saturated heterocycles. The first kappa shape index (κ1) is 23.0. The first-order valence-corrected chi connectivity index (χ1v) is 11.2. The van der Waals surface area contributed by atoms with Crippen molar-refractivity contribution in [1.82, 2.24) is 5.32 Å². The van der Waals surface area contributed by atoms with Crippen molar-refractivity contribution in [3.8, 4) is 11.1 Å². The van der Waals surface area contributed by atoms with Crippen LogP contribution in [0.1, 0.15) is 47.2 Å². The summed E-state index contributed by atoms with van der Waals surface area (Å²) in [6.07, 6.45) is 0.119. The molecular formula is C27H26N2O5. The molecule has 2 amide bonds. The average molecular weight is 459 g/mol. The number of aromatic carboxylic acids is 1. The van der Waals surface area contributed by atoms with Crippen LogP contribution in [0.4, 0.5) is 10.5 Å². The predicted octanol–water partition coefficient (Wildman–Crippen LogP) is 5.03. The second-order valence-electron chi connectivity index (χ2n) is 8.34. The Labute approximate surface area is 197 Å². The van der Waals surface area contributed by atoms with Gasteiger partial charge in [-0.05, 0) is 59.9 Å². The lowest BCUT2D eigenvalue weighted by Gasteiger charge is -2.17. The smallest absolute Gasteiger partial charge is 0.407 e. The molecule has 1 aliphatic rings. The van der Waals surface area contributed by atoms with E-state index >= 15 is 0 Å². The Balaban J connectivity index is 1.24. The SMILES string of the molecule is CC(CCC(=O)Nc1ccc(C(=O)O)cc1)NC(=O)OCC1c2ccccc2-c2ccccc21. The molecule has 1 atom stereocenters. The van der Waals surface area contributed by atoms with E-state index in [9.17, 15) is 14.4 Å². The van der Waals surface area contributed by atoms with Gasteiger partial charge in [-0.2, -0.15) is 0 Å². The molecule has 3 aromatic rings. The molecule has 4 rings (SSSR count). The fourth-order valence-corrected chi connectivity index (χ4v) is 4.18. The summed E-state index contributed by atoms with van der Waals surface area (Å²) in [6.45, 7) is 2.05. The summed E-state index contributed by atoms with van der Waals surface area (Å²) in [5, 5.41) is 14.4. The van der Waals surface area contributed by atoms with Crippen molar-refractivity contribution in [2.24, 2.45) is 0 Å². The molecule has 34 heavy (non-hydrogen) atoms. The highest BCUT2D eigenvalue weighted by atomic mass is 16.5. The molecule has 0 radical (unpaired) electrons. The lowest BCUT2D eigenvalue weighted by atomic mass is 9.98. The van der Waals surface area contributed by atoms with Gasteiger partial charge in [0.05, 0.1) is 5.56 Å². The molecule has 3 aromatic carbocycles. The quantitative estimate of drug-likeness (QED) is 0.439. The summed E-state index contributed by atoms with van der Waals surface area (Å²) in [6, 6.07) is 22.0. The third kappa shape index (κ3) is 5.26. The minimum Gasteiger partial charge on any atom is -0.478 e. The maximum absolute atomic E-state index is 12.4. The minimum atomic E-state index is -1.02. The lowest BCUT2D eigenvalue weighted by molar-refractivity contribution is -0.116. The maximum atomic E-state index is 12.4. The second-order valence-corrected chi connectivity index (χ2v) is 8.34. The van der Waals surface area contributed by atoms with E-state index in [4.69, 9.17) is 9.84 Å². The number of anilines is 1. The van der Waals surface area contributed by atoms with Crippen molar-refractivity contribution >= 4 is 23.7 Å². The van der Waals surface area contributed by atoms with Gasteiger partial charge in [0.15, 0.2) is 0 Å². The van der Waals surface area contributed by atoms with Crippen LogP contribution in [0.25, 0.3) is 11.1 Å². The van der Waals surface area contributed by atoms with Crippen LogP contribution in [0.15, 0.2) is 72.8 Å². The van der Waals surface area contributed by atoms with Crippen LogP contribution in [-0.4, -0.2) is 35.7 Å². The lowest BCUT2D eigenvalue weighted by Crippen LogP contribution is -2.34. The molecule has 174 valence electrons. The first-order chi connectivity index (χ1) is 16.4. The van der Waals surface area contributed by atoms with Crippen LogP contribution in [0.3, 0.4) is 0 Å². The normalized spacial score (nSPS) is 12.9. The number of benzene rings is 3. The van der Waals surface area contributed by atoms with Gasteiger partial charge in [0, 0.05) is 24.1 Å². The van der Waals surface area contributed by atoms with Crippen LogP contribution in [0.5, 0.6) is 0 Å². The fourth-order valence-electron chi connectivity index (χ4n) is 4.18. The summed E-state index contributed by atoms with van der Waals surface area (Å²) in [7, 11) is 0. The van der Waals surface area contributed by atoms with Crippen LogP contribution in [-0.2, 0) is 9.53 Å². The molecule has 0 bridgehead atoms. The Kier molecular flexibility index (Phi) is 6.92. The Bertz CT molecular complexity index is 1160. The second kappa shape index (κ2) is 10.2. The zero-order valence-corrected chi connectivity index (χ0v) is 18.8. The van der Waals surface area contributed by atoms with Gasteiger partial charge in [-0.25, -0.2) is 9.59 Å². The summed E-state index contributed by atoms with van der Waals surface area (Å²) in [5.41, 5.74) is 5.31. The molecule has 7 nitrogen and oxygen atoms in total. The number of carboxylic acids is 1. The molecule has 0 spiro atoms. The van der Waals surface area contributed by atoms with Gasteiger partial charge in [0.2, 0.25) is 5.91 Å². The number of amides is 2. The Morgan fingerprint density at radius 1 is 0.912 bits per heavy atom. The number of carboxylic acid groups (broad SMARTS) is 1. The number of nitrogens with one attached hydrogen (secondary N) is 2. The van der Waals surface area contributed by atoms with E-state index in [1.54, 1.807) is 12.1 Å². The number of carbonyl (C=O) groups excluding carboxylic acids is 2. The van der Waals surface area contributed by atoms with Gasteiger partial charge in [-0.3, -0.25) is 4.79 Å². The van der Waals surface area contributed by atoms with E-state index in [1.165, 1.54) is 23.3 Å². The summed E-state index contributed by atoms with van der Waals surface area (Å²) in [5.74, 6) is -1.25. The Morgan fingerprint density at radius 2 is 1.50 bits per heavy atom. The van der Waals surface area contributed by atoms with E-state index < -0.39 is 12.1 Å². The van der Waals surface area contributed by atoms with Crippen molar-refractivity contribution in [3.63, 3.8) is 0 Å². The summed E-state index contributed by atoms with van der Waals surface area (Å²) in [4.78, 5) is 35.5. The number of fused-ring (bicyclic) bond motifs is 3. The standard InChI is InChI=1S/C27H26N2O5/c1-17(10-15-25(30)29-19-13-11-18(12-14-19)26(31)32)28-27(33)34-16-24-22-8-4-2-6-20(22)21-7-3-5-9-23(21)24/h2-9,11-14,17,24H,10,15-16H2,1H3,(H,28,33)(H,29,30)(H,31,32). The van der Waals surface area contributed by atoms with Gasteiger partial charge >= 0.3 is 12.1 Å². The highest BCUT2D eigenvalue weighted by Gasteiger charge is 2.29. The number of hydrogen-bond donors (Lipinski definition) is 3. The number of ether oxygens (including phenoxy) is 1. The van der Waals surface area contributed by atoms with Gasteiger partial charge < -0.3 is 20.5 Å². The van der Waals surface area contributed by atoms with Gasteiger partial charge in [0.1, 0.15) is 6.61 Å². The zero-order chi connectivity index (χ0) is 24.1. The van der Waals surface area contributed by atoms with Crippen molar-refractivity contribution in [1.29, 1.82) is 0 Å². The predicted molar refractivity (Wildman–Crippen MR) is 129 cm³/mol. The Morgan fingerprint density at radius 3 is 2.09 bits per heavy atom. The average Bonchev–Trinajstić information content (AvgIpc) is 3.15. The van der Waals surface area contributed by atoms with Crippen molar-refractivity contribution in [2.75, 3.05) is 11.9 Å². The number of alkyl carbamates (subject to hydrolysis) is 1. The van der Waals surface area contributed by atoms with E-state index in [-0.39, 0.29) is 36.5 Å². The molecule has 7 heteroatoms. The Hall–Kier alpha value is -4.13. The molecule has 0 fully saturated rings. The molecule has 0 heterocycles. The monoisotopic (exact) mass is 458 g/mol. The number of carbonyl (C=O) groups is 3. The summed E-state index contributed by atoms with van der Waals surface area (Å²) >= 11 is 0. The highest BCUT2D eigenvalue weighted by Crippen LogP contribution is 2.44. The van der Waals surface area contributed by atoms with Crippen molar-refractivity contribution in [3.05, 3.63) is 89.5 Å². The van der Waals surface area contributed by atoms with E-state index in [0.29, 0.717) is 12.1 Å². The van der Waals surface area contributed by atoms with E-state index in [0.717, 1.165) is 11.1 Å². The molecule has 0 aliphatic heterocycles. The fraction of sp³-hybridized carbons (Fsp3) is 0.222. The molecule has 0 aromatic heterocycles. The minimum absolute atomic E-state index is 0.00764. The van der Waals surface area contributed by atoms with Crippen molar-refractivity contribution in [2.45, 2.75) is 31.7 Å². The molecule has 1 aliphatic carbocycles. The maximum Gasteiger partial charge on any atom is 0.407 e. The van der Waals surface area contributed by atoms with Gasteiger partial charge in [0.25, 0.3) is 0 Å². The number of hydrogen-bond acceptors (Lipinski definition) is 4. The topological polar surface area (TPSA) is 105 Å². The number of rotatable bonds is 8. The van der Waals surface area contributed by atoms with Gasteiger partial charge in [-0.15, -0.1) is 0 Å².